The minimum absolute atomic E-state index is 0.160. The number of nitrogens with zero attached hydrogens (tertiary/aromatic N) is 2. The van der Waals surface area contributed by atoms with Crippen molar-refractivity contribution in [1.82, 2.24) is 9.55 Å². The van der Waals surface area contributed by atoms with Gasteiger partial charge in [0.2, 0.25) is 0 Å². The fraction of sp³-hybridized carbons (Fsp3) is 0.167. The van der Waals surface area contributed by atoms with Crippen LogP contribution >= 0.6 is 11.8 Å². The zero-order valence-electron chi connectivity index (χ0n) is 10.4. The van der Waals surface area contributed by atoms with E-state index in [0.29, 0.717) is 10.8 Å². The lowest BCUT2D eigenvalue weighted by Gasteiger charge is -2.10. The Kier molecular flexibility index (Phi) is 4.41. The fourth-order valence-electron chi connectivity index (χ4n) is 1.53. The largest absolute Gasteiger partial charge is 0.573 e. The first-order chi connectivity index (χ1) is 9.85. The van der Waals surface area contributed by atoms with E-state index in [1.807, 2.05) is 0 Å². The molecule has 5 nitrogen and oxygen atoms in total. The molecule has 0 bridgehead atoms. The Morgan fingerprint density at radius 3 is 2.57 bits per heavy atom. The summed E-state index contributed by atoms with van der Waals surface area (Å²) in [6.45, 7) is 0. The summed E-state index contributed by atoms with van der Waals surface area (Å²) in [7, 11) is 0. The lowest BCUT2D eigenvalue weighted by Crippen LogP contribution is -2.17. The third-order valence-corrected chi connectivity index (χ3v) is 3.23. The number of benzene rings is 1. The molecule has 0 amide bonds. The number of alkyl halides is 3. The first-order valence-corrected chi connectivity index (χ1v) is 6.58. The number of halogens is 3. The van der Waals surface area contributed by atoms with E-state index >= 15 is 0 Å². The van der Waals surface area contributed by atoms with Crippen molar-refractivity contribution in [3.63, 3.8) is 0 Å². The highest BCUT2D eigenvalue weighted by molar-refractivity contribution is 7.99. The molecule has 0 radical (unpaired) electrons. The van der Waals surface area contributed by atoms with E-state index in [0.717, 1.165) is 11.8 Å². The number of imidazole rings is 1. The molecule has 112 valence electrons. The van der Waals surface area contributed by atoms with Crippen LogP contribution in [0.5, 0.6) is 5.75 Å². The van der Waals surface area contributed by atoms with Gasteiger partial charge in [0.25, 0.3) is 0 Å². The summed E-state index contributed by atoms with van der Waals surface area (Å²) in [5.41, 5.74) is 0.551. The van der Waals surface area contributed by atoms with E-state index in [1.165, 1.54) is 30.5 Å². The third-order valence-electron chi connectivity index (χ3n) is 2.28. The van der Waals surface area contributed by atoms with Crippen LogP contribution in [0.25, 0.3) is 5.69 Å². The zero-order valence-corrected chi connectivity index (χ0v) is 11.2. The molecule has 0 saturated heterocycles. The number of hydrogen-bond donors (Lipinski definition) is 1. The fourth-order valence-corrected chi connectivity index (χ4v) is 2.22. The average molecular weight is 318 g/mol. The second kappa shape index (κ2) is 6.08. The second-order valence-corrected chi connectivity index (χ2v) is 4.75. The minimum atomic E-state index is -4.74. The van der Waals surface area contributed by atoms with Gasteiger partial charge in [-0.25, -0.2) is 4.98 Å². The molecule has 0 spiro atoms. The Hall–Kier alpha value is -2.16. The summed E-state index contributed by atoms with van der Waals surface area (Å²) in [6, 6.07) is 5.20. The molecule has 1 N–H and O–H groups in total. The van der Waals surface area contributed by atoms with Crippen LogP contribution in [0.15, 0.2) is 41.8 Å². The Balaban J connectivity index is 2.16. The summed E-state index contributed by atoms with van der Waals surface area (Å²) in [4.78, 5) is 14.5. The van der Waals surface area contributed by atoms with Gasteiger partial charge in [-0.2, -0.15) is 0 Å². The van der Waals surface area contributed by atoms with Crippen LogP contribution in [0.3, 0.4) is 0 Å². The van der Waals surface area contributed by atoms with Crippen molar-refractivity contribution in [3.8, 4) is 11.4 Å². The van der Waals surface area contributed by atoms with Crippen molar-refractivity contribution in [1.29, 1.82) is 0 Å². The highest BCUT2D eigenvalue weighted by Crippen LogP contribution is 2.25. The van der Waals surface area contributed by atoms with Gasteiger partial charge in [0, 0.05) is 18.1 Å². The number of carbonyl (C=O) groups is 1. The van der Waals surface area contributed by atoms with Crippen LogP contribution in [0, 0.1) is 0 Å². The van der Waals surface area contributed by atoms with Gasteiger partial charge in [0.15, 0.2) is 5.16 Å². The van der Waals surface area contributed by atoms with E-state index in [4.69, 9.17) is 5.11 Å². The van der Waals surface area contributed by atoms with Gasteiger partial charge in [-0.05, 0) is 24.3 Å². The molecule has 0 aliphatic carbocycles. The zero-order chi connectivity index (χ0) is 15.5. The van der Waals surface area contributed by atoms with Crippen LogP contribution in [0.4, 0.5) is 13.2 Å². The number of carboxylic acids is 1. The molecule has 0 unspecified atom stereocenters. The summed E-state index contributed by atoms with van der Waals surface area (Å²) in [5, 5.41) is 9.07. The quantitative estimate of drug-likeness (QED) is 0.859. The van der Waals surface area contributed by atoms with E-state index in [-0.39, 0.29) is 11.5 Å². The van der Waals surface area contributed by atoms with Crippen LogP contribution in [0.2, 0.25) is 0 Å². The van der Waals surface area contributed by atoms with Gasteiger partial charge >= 0.3 is 12.3 Å². The Labute approximate surface area is 121 Å². The number of rotatable bonds is 5. The van der Waals surface area contributed by atoms with Crippen molar-refractivity contribution in [2.24, 2.45) is 0 Å². The molecule has 1 heterocycles. The lowest BCUT2D eigenvalue weighted by atomic mass is 10.3. The minimum Gasteiger partial charge on any atom is -0.481 e. The second-order valence-electron chi connectivity index (χ2n) is 3.80. The van der Waals surface area contributed by atoms with Crippen molar-refractivity contribution in [2.45, 2.75) is 11.5 Å². The van der Waals surface area contributed by atoms with Crippen LogP contribution in [-0.4, -0.2) is 32.7 Å². The van der Waals surface area contributed by atoms with Gasteiger partial charge < -0.3 is 9.84 Å². The number of hydrogen-bond acceptors (Lipinski definition) is 4. The molecule has 21 heavy (non-hydrogen) atoms. The topological polar surface area (TPSA) is 64.3 Å². The highest BCUT2D eigenvalue weighted by atomic mass is 32.2. The molecule has 9 heteroatoms. The van der Waals surface area contributed by atoms with Crippen LogP contribution in [-0.2, 0) is 4.79 Å². The number of thioether (sulfide) groups is 1. The first-order valence-electron chi connectivity index (χ1n) is 5.59. The molecular weight excluding hydrogens is 309 g/mol. The summed E-state index contributed by atoms with van der Waals surface area (Å²) >= 11 is 1.01. The SMILES string of the molecule is O=C(O)CSc1nccn1-c1ccc(OC(F)(F)F)cc1. The maximum absolute atomic E-state index is 12.1. The van der Waals surface area contributed by atoms with Crippen molar-refractivity contribution < 1.29 is 27.8 Å². The summed E-state index contributed by atoms with van der Waals surface area (Å²) in [6.07, 6.45) is -1.67. The average Bonchev–Trinajstić information content (AvgIpc) is 2.83. The standard InChI is InChI=1S/C12H9F3N2O3S/c13-12(14,15)20-9-3-1-8(2-4-9)17-6-5-16-11(17)21-7-10(18)19/h1-6H,7H2,(H,18,19). The Morgan fingerprint density at radius 1 is 1.33 bits per heavy atom. The van der Waals surface area contributed by atoms with Crippen molar-refractivity contribution >= 4 is 17.7 Å². The number of aliphatic carboxylic acids is 1. The molecular formula is C12H9F3N2O3S. The maximum atomic E-state index is 12.1. The number of ether oxygens (including phenoxy) is 1. The molecule has 0 fully saturated rings. The predicted octanol–water partition coefficient (Wildman–Crippen LogP) is 2.95. The van der Waals surface area contributed by atoms with Crippen molar-refractivity contribution in [2.75, 3.05) is 5.75 Å². The van der Waals surface area contributed by atoms with E-state index in [1.54, 1.807) is 10.8 Å². The van der Waals surface area contributed by atoms with E-state index in [9.17, 15) is 18.0 Å². The van der Waals surface area contributed by atoms with E-state index in [2.05, 4.69) is 9.72 Å². The first kappa shape index (κ1) is 15.2. The van der Waals surface area contributed by atoms with Gasteiger partial charge in [-0.1, -0.05) is 11.8 Å². The molecule has 2 aromatic rings. The van der Waals surface area contributed by atoms with Gasteiger partial charge in [-0.3, -0.25) is 9.36 Å². The maximum Gasteiger partial charge on any atom is 0.573 e. The molecule has 0 aliphatic rings. The number of aromatic nitrogens is 2. The van der Waals surface area contributed by atoms with Crippen LogP contribution in [0.1, 0.15) is 0 Å². The van der Waals surface area contributed by atoms with Gasteiger partial charge in [0.1, 0.15) is 5.75 Å². The molecule has 0 aliphatic heterocycles. The predicted molar refractivity (Wildman–Crippen MR) is 68.6 cm³/mol. The van der Waals surface area contributed by atoms with Gasteiger partial charge in [-0.15, -0.1) is 13.2 Å². The van der Waals surface area contributed by atoms with Crippen LogP contribution < -0.4 is 4.74 Å². The highest BCUT2D eigenvalue weighted by Gasteiger charge is 2.30. The van der Waals surface area contributed by atoms with Crippen molar-refractivity contribution in [3.05, 3.63) is 36.7 Å². The molecule has 0 saturated carbocycles. The smallest absolute Gasteiger partial charge is 0.481 e. The third kappa shape index (κ3) is 4.42. The molecule has 1 aromatic heterocycles. The Bertz CT molecular complexity index is 625. The van der Waals surface area contributed by atoms with E-state index < -0.39 is 12.3 Å². The molecule has 2 rings (SSSR count). The van der Waals surface area contributed by atoms with Gasteiger partial charge in [0.05, 0.1) is 5.75 Å². The number of carboxylic acid groups (broad SMARTS) is 1. The molecule has 0 atom stereocenters. The lowest BCUT2D eigenvalue weighted by molar-refractivity contribution is -0.274. The Morgan fingerprint density at radius 2 is 2.00 bits per heavy atom. The summed E-state index contributed by atoms with van der Waals surface area (Å²) < 4.78 is 41.5. The molecule has 1 aromatic carbocycles. The monoisotopic (exact) mass is 318 g/mol. The normalized spacial score (nSPS) is 11.4. The summed E-state index contributed by atoms with van der Waals surface area (Å²) in [5.74, 6) is -1.47.